The second-order valence-corrected chi connectivity index (χ2v) is 6.01. The van der Waals surface area contributed by atoms with Crippen LogP contribution in [0.4, 0.5) is 5.69 Å². The predicted octanol–water partition coefficient (Wildman–Crippen LogP) is 1.75. The Labute approximate surface area is 163 Å². The largest absolute Gasteiger partial charge is 0.478 e. The minimum atomic E-state index is -1.70. The van der Waals surface area contributed by atoms with E-state index in [4.69, 9.17) is 0 Å². The number of nitrogens with zero attached hydrogens (tertiary/aromatic N) is 2. The molecule has 0 spiro atoms. The summed E-state index contributed by atoms with van der Waals surface area (Å²) in [6, 6.07) is 9.01. The van der Waals surface area contributed by atoms with Crippen LogP contribution in [0.5, 0.6) is 0 Å². The fraction of sp³-hybridized carbons (Fsp3) is 0.105. The molecule has 1 aliphatic rings. The van der Waals surface area contributed by atoms with Crippen LogP contribution >= 0.6 is 0 Å². The first-order chi connectivity index (χ1) is 13.7. The molecule has 4 N–H and O–H groups in total. The predicted molar refractivity (Wildman–Crippen MR) is 99.5 cm³/mol. The standard InChI is InChI=1S/C19H14N2O8/c22-16(23)10-8-11(17(24)25)13(19(28)29)14(12(10)18(26)27)21-7-6-20-15(21)9-4-2-1-3-5-9/h1-5,8H,6-7H2,(H,22,23)(H,24,25)(H,26,27)(H,28,29). The molecule has 3 rings (SSSR count). The van der Waals surface area contributed by atoms with Gasteiger partial charge in [-0.15, -0.1) is 0 Å². The molecule has 2 aromatic rings. The number of benzene rings is 2. The Morgan fingerprint density at radius 1 is 0.793 bits per heavy atom. The number of anilines is 1. The Hall–Kier alpha value is -4.21. The van der Waals surface area contributed by atoms with Crippen molar-refractivity contribution in [3.8, 4) is 0 Å². The van der Waals surface area contributed by atoms with Crippen molar-refractivity contribution in [3.63, 3.8) is 0 Å². The van der Waals surface area contributed by atoms with Crippen LogP contribution < -0.4 is 4.90 Å². The molecule has 0 atom stereocenters. The van der Waals surface area contributed by atoms with Crippen LogP contribution in [0.1, 0.15) is 47.0 Å². The Kier molecular flexibility index (Phi) is 5.01. The van der Waals surface area contributed by atoms with E-state index in [1.807, 2.05) is 0 Å². The first-order valence-corrected chi connectivity index (χ1v) is 8.25. The van der Waals surface area contributed by atoms with Crippen molar-refractivity contribution in [2.75, 3.05) is 18.0 Å². The molecular formula is C19H14N2O8. The Balaban J connectivity index is 2.41. The molecule has 0 amide bonds. The van der Waals surface area contributed by atoms with Crippen LogP contribution in [0, 0.1) is 0 Å². The second kappa shape index (κ2) is 7.43. The Bertz CT molecular complexity index is 1030. The van der Waals surface area contributed by atoms with E-state index in [0.29, 0.717) is 11.6 Å². The van der Waals surface area contributed by atoms with E-state index < -0.39 is 51.8 Å². The zero-order valence-corrected chi connectivity index (χ0v) is 14.7. The van der Waals surface area contributed by atoms with Gasteiger partial charge in [0.2, 0.25) is 0 Å². The first-order valence-electron chi connectivity index (χ1n) is 8.25. The number of carboxylic acid groups (broad SMARTS) is 4. The number of amidine groups is 1. The maximum atomic E-state index is 11.9. The van der Waals surface area contributed by atoms with Gasteiger partial charge >= 0.3 is 23.9 Å². The molecule has 0 saturated carbocycles. The van der Waals surface area contributed by atoms with Crippen LogP contribution in [0.3, 0.4) is 0 Å². The molecule has 0 aromatic heterocycles. The van der Waals surface area contributed by atoms with Crippen molar-refractivity contribution in [3.05, 3.63) is 64.2 Å². The molecule has 0 aliphatic carbocycles. The zero-order chi connectivity index (χ0) is 21.3. The summed E-state index contributed by atoms with van der Waals surface area (Å²) >= 11 is 0. The highest BCUT2D eigenvalue weighted by atomic mass is 16.4. The minimum Gasteiger partial charge on any atom is -0.478 e. The third-order valence-corrected chi connectivity index (χ3v) is 4.33. The van der Waals surface area contributed by atoms with E-state index in [9.17, 15) is 39.6 Å². The summed E-state index contributed by atoms with van der Waals surface area (Å²) in [4.78, 5) is 52.7. The minimum absolute atomic E-state index is 0.0485. The second-order valence-electron chi connectivity index (χ2n) is 6.01. The topological polar surface area (TPSA) is 165 Å². The van der Waals surface area contributed by atoms with Crippen LogP contribution in [-0.2, 0) is 0 Å². The number of hydrogen-bond acceptors (Lipinski definition) is 6. The van der Waals surface area contributed by atoms with Crippen LogP contribution in [0.25, 0.3) is 0 Å². The number of aromatic carboxylic acids is 4. The third-order valence-electron chi connectivity index (χ3n) is 4.33. The molecule has 0 unspecified atom stereocenters. The molecule has 0 fully saturated rings. The van der Waals surface area contributed by atoms with Crippen molar-refractivity contribution >= 4 is 35.4 Å². The number of aliphatic imine (C=N–C) groups is 1. The van der Waals surface area contributed by atoms with Gasteiger partial charge in [-0.25, -0.2) is 19.2 Å². The summed E-state index contributed by atoms with van der Waals surface area (Å²) in [7, 11) is 0. The summed E-state index contributed by atoms with van der Waals surface area (Å²) in [6.45, 7) is 0.231. The lowest BCUT2D eigenvalue weighted by Crippen LogP contribution is -2.33. The molecular weight excluding hydrogens is 384 g/mol. The Morgan fingerprint density at radius 3 is 1.76 bits per heavy atom. The quantitative estimate of drug-likeness (QED) is 0.567. The van der Waals surface area contributed by atoms with Crippen molar-refractivity contribution in [1.82, 2.24) is 0 Å². The Morgan fingerprint density at radius 2 is 1.31 bits per heavy atom. The number of carbonyl (C=O) groups is 4. The first kappa shape index (κ1) is 19.5. The summed E-state index contributed by atoms with van der Waals surface area (Å²) in [6.07, 6.45) is 0. The van der Waals surface area contributed by atoms with Crippen LogP contribution in [0.2, 0.25) is 0 Å². The lowest BCUT2D eigenvalue weighted by atomic mass is 9.93. The highest BCUT2D eigenvalue weighted by Crippen LogP contribution is 2.35. The van der Waals surface area contributed by atoms with E-state index in [1.54, 1.807) is 30.3 Å². The SMILES string of the molecule is O=C(O)c1cc(C(=O)O)c(C(=O)O)c(N2CCN=C2c2ccccc2)c1C(=O)O. The lowest BCUT2D eigenvalue weighted by Gasteiger charge is -2.26. The van der Waals surface area contributed by atoms with Gasteiger partial charge in [0, 0.05) is 12.1 Å². The van der Waals surface area contributed by atoms with E-state index in [2.05, 4.69) is 4.99 Å². The van der Waals surface area contributed by atoms with Gasteiger partial charge in [0.05, 0.1) is 34.5 Å². The van der Waals surface area contributed by atoms with Gasteiger partial charge in [-0.3, -0.25) is 4.99 Å². The highest BCUT2D eigenvalue weighted by Gasteiger charge is 2.36. The molecule has 148 valence electrons. The average molecular weight is 398 g/mol. The summed E-state index contributed by atoms with van der Waals surface area (Å²) < 4.78 is 0. The van der Waals surface area contributed by atoms with Gasteiger partial charge in [0.15, 0.2) is 0 Å². The van der Waals surface area contributed by atoms with Crippen LogP contribution in [-0.4, -0.2) is 63.2 Å². The lowest BCUT2D eigenvalue weighted by molar-refractivity contribution is 0.0638. The van der Waals surface area contributed by atoms with E-state index in [-0.39, 0.29) is 18.9 Å². The molecule has 10 nitrogen and oxygen atoms in total. The molecule has 1 aliphatic heterocycles. The van der Waals surface area contributed by atoms with Gasteiger partial charge in [-0.2, -0.15) is 0 Å². The number of carboxylic acids is 4. The molecule has 29 heavy (non-hydrogen) atoms. The highest BCUT2D eigenvalue weighted by molar-refractivity contribution is 6.21. The summed E-state index contributed by atoms with van der Waals surface area (Å²) in [5.74, 6) is -6.57. The van der Waals surface area contributed by atoms with Gasteiger partial charge < -0.3 is 25.3 Å². The maximum Gasteiger partial charge on any atom is 0.338 e. The van der Waals surface area contributed by atoms with Crippen LogP contribution in [0.15, 0.2) is 41.4 Å². The third kappa shape index (κ3) is 3.38. The van der Waals surface area contributed by atoms with Gasteiger partial charge in [0.1, 0.15) is 5.84 Å². The van der Waals surface area contributed by atoms with Gasteiger partial charge in [-0.05, 0) is 6.07 Å². The van der Waals surface area contributed by atoms with E-state index >= 15 is 0 Å². The molecule has 2 aromatic carbocycles. The van der Waals surface area contributed by atoms with Gasteiger partial charge in [-0.1, -0.05) is 30.3 Å². The number of hydrogen-bond donors (Lipinski definition) is 4. The molecule has 10 heteroatoms. The maximum absolute atomic E-state index is 11.9. The fourth-order valence-corrected chi connectivity index (χ4v) is 3.21. The van der Waals surface area contributed by atoms with E-state index in [1.165, 1.54) is 4.90 Å². The van der Waals surface area contributed by atoms with E-state index in [0.717, 1.165) is 0 Å². The molecule has 0 bridgehead atoms. The summed E-state index contributed by atoms with van der Waals surface area (Å²) in [5.41, 5.74) is -3.27. The zero-order valence-electron chi connectivity index (χ0n) is 14.7. The monoisotopic (exact) mass is 398 g/mol. The number of rotatable bonds is 6. The summed E-state index contributed by atoms with van der Waals surface area (Å²) in [5, 5.41) is 38.3. The van der Waals surface area contributed by atoms with Gasteiger partial charge in [0.25, 0.3) is 0 Å². The smallest absolute Gasteiger partial charge is 0.338 e. The van der Waals surface area contributed by atoms with Crippen molar-refractivity contribution in [2.45, 2.75) is 0 Å². The van der Waals surface area contributed by atoms with Crippen molar-refractivity contribution in [1.29, 1.82) is 0 Å². The van der Waals surface area contributed by atoms with Crippen molar-refractivity contribution in [2.24, 2.45) is 4.99 Å². The average Bonchev–Trinajstić information content (AvgIpc) is 3.15. The normalized spacial score (nSPS) is 13.1. The fourth-order valence-electron chi connectivity index (χ4n) is 3.21. The van der Waals surface area contributed by atoms with Crippen molar-refractivity contribution < 1.29 is 39.6 Å². The molecule has 0 saturated heterocycles. The molecule has 1 heterocycles. The molecule has 0 radical (unpaired) electrons.